The van der Waals surface area contributed by atoms with Gasteiger partial charge in [-0.2, -0.15) is 0 Å². The van der Waals surface area contributed by atoms with Gasteiger partial charge in [0.05, 0.1) is 17.2 Å². The van der Waals surface area contributed by atoms with Crippen molar-refractivity contribution in [3.05, 3.63) is 30.1 Å². The summed E-state index contributed by atoms with van der Waals surface area (Å²) in [7, 11) is -3.04. The largest absolute Gasteiger partial charge is 0.313 e. The van der Waals surface area contributed by atoms with Crippen LogP contribution >= 0.6 is 0 Å². The molecule has 1 saturated heterocycles. The van der Waals surface area contributed by atoms with E-state index in [4.69, 9.17) is 0 Å². The number of sulfone groups is 1. The van der Waals surface area contributed by atoms with Gasteiger partial charge in [-0.1, -0.05) is 6.07 Å². The number of aromatic nitrogens is 1. The summed E-state index contributed by atoms with van der Waals surface area (Å²) in [6, 6.07) is 5.48. The summed E-state index contributed by atoms with van der Waals surface area (Å²) in [5, 5.41) is 3.20. The summed E-state index contributed by atoms with van der Waals surface area (Å²) >= 11 is 0. The Labute approximate surface area is 96.0 Å². The quantitative estimate of drug-likeness (QED) is 0.843. The van der Waals surface area contributed by atoms with Gasteiger partial charge in [0.25, 0.3) is 0 Å². The van der Waals surface area contributed by atoms with Crippen LogP contribution in [-0.2, 0) is 15.6 Å². The van der Waals surface area contributed by atoms with Gasteiger partial charge in [0, 0.05) is 12.2 Å². The Balaban J connectivity index is 1.97. The predicted molar refractivity (Wildman–Crippen MR) is 62.8 cm³/mol. The van der Waals surface area contributed by atoms with Gasteiger partial charge < -0.3 is 5.32 Å². The van der Waals surface area contributed by atoms with Crippen LogP contribution in [0.3, 0.4) is 0 Å². The van der Waals surface area contributed by atoms with Crippen molar-refractivity contribution < 1.29 is 8.42 Å². The number of hydrogen-bond acceptors (Lipinski definition) is 4. The van der Waals surface area contributed by atoms with Gasteiger partial charge in [0.2, 0.25) is 0 Å². The van der Waals surface area contributed by atoms with Gasteiger partial charge in [-0.05, 0) is 31.5 Å². The smallest absolute Gasteiger partial charge is 0.157 e. The number of nitrogens with one attached hydrogen (secondary N) is 1. The first-order valence-electron chi connectivity index (χ1n) is 5.49. The van der Waals surface area contributed by atoms with Crippen LogP contribution in [0, 0.1) is 0 Å². The minimum absolute atomic E-state index is 0.0476. The molecule has 5 heteroatoms. The van der Waals surface area contributed by atoms with E-state index >= 15 is 0 Å². The Morgan fingerprint density at radius 2 is 2.31 bits per heavy atom. The average molecular weight is 240 g/mol. The number of pyridine rings is 1. The second-order valence-electron chi connectivity index (χ2n) is 4.17. The van der Waals surface area contributed by atoms with E-state index in [0.29, 0.717) is 5.69 Å². The zero-order chi connectivity index (χ0) is 11.4. The highest BCUT2D eigenvalue weighted by molar-refractivity contribution is 7.90. The zero-order valence-electron chi connectivity index (χ0n) is 9.09. The Bertz CT molecular complexity index is 425. The normalized spacial score (nSPS) is 21.1. The Kier molecular flexibility index (Phi) is 3.56. The van der Waals surface area contributed by atoms with E-state index < -0.39 is 9.84 Å². The molecular weight excluding hydrogens is 224 g/mol. The average Bonchev–Trinajstić information content (AvgIpc) is 2.70. The molecule has 1 aromatic heterocycles. The highest BCUT2D eigenvalue weighted by Gasteiger charge is 2.22. The second kappa shape index (κ2) is 4.93. The number of hydrogen-bond donors (Lipinski definition) is 1. The van der Waals surface area contributed by atoms with Crippen molar-refractivity contribution in [2.45, 2.75) is 24.6 Å². The summed E-state index contributed by atoms with van der Waals surface area (Å²) in [6.07, 6.45) is 3.66. The molecule has 0 amide bonds. The Hall–Kier alpha value is -0.940. The molecule has 2 rings (SSSR count). The van der Waals surface area contributed by atoms with E-state index in [1.807, 2.05) is 6.07 Å². The molecule has 1 aliphatic heterocycles. The lowest BCUT2D eigenvalue weighted by atomic mass is 10.3. The SMILES string of the molecule is O=S(=O)(Cc1ccccn1)C[C@@H]1CCCN1. The minimum Gasteiger partial charge on any atom is -0.313 e. The maximum atomic E-state index is 11.9. The van der Waals surface area contributed by atoms with Gasteiger partial charge in [-0.3, -0.25) is 4.98 Å². The third-order valence-electron chi connectivity index (χ3n) is 2.71. The lowest BCUT2D eigenvalue weighted by Gasteiger charge is -2.10. The zero-order valence-corrected chi connectivity index (χ0v) is 9.91. The molecule has 0 unspecified atom stereocenters. The van der Waals surface area contributed by atoms with Crippen LogP contribution < -0.4 is 5.32 Å². The highest BCUT2D eigenvalue weighted by atomic mass is 32.2. The van der Waals surface area contributed by atoms with Crippen molar-refractivity contribution in [3.63, 3.8) is 0 Å². The van der Waals surface area contributed by atoms with E-state index in [0.717, 1.165) is 19.4 Å². The maximum Gasteiger partial charge on any atom is 0.157 e. The molecule has 1 fully saturated rings. The molecule has 0 spiro atoms. The molecule has 16 heavy (non-hydrogen) atoms. The van der Waals surface area contributed by atoms with Gasteiger partial charge in [-0.15, -0.1) is 0 Å². The molecule has 0 aliphatic carbocycles. The van der Waals surface area contributed by atoms with Gasteiger partial charge >= 0.3 is 0 Å². The summed E-state index contributed by atoms with van der Waals surface area (Å²) in [6.45, 7) is 0.934. The van der Waals surface area contributed by atoms with Crippen LogP contribution in [0.25, 0.3) is 0 Å². The summed E-state index contributed by atoms with van der Waals surface area (Å²) in [4.78, 5) is 4.04. The summed E-state index contributed by atoms with van der Waals surface area (Å²) in [5.74, 6) is 0.273. The van der Waals surface area contributed by atoms with E-state index in [1.165, 1.54) is 0 Å². The predicted octanol–water partition coefficient (Wildman–Crippen LogP) is 0.748. The van der Waals surface area contributed by atoms with Crippen LogP contribution in [-0.4, -0.2) is 31.7 Å². The van der Waals surface area contributed by atoms with E-state index in [9.17, 15) is 8.42 Å². The molecule has 1 atom stereocenters. The monoisotopic (exact) mass is 240 g/mol. The molecule has 0 radical (unpaired) electrons. The van der Waals surface area contributed by atoms with Crippen LogP contribution in [0.15, 0.2) is 24.4 Å². The maximum absolute atomic E-state index is 11.9. The lowest BCUT2D eigenvalue weighted by Crippen LogP contribution is -2.30. The molecule has 4 nitrogen and oxygen atoms in total. The molecule has 0 aromatic carbocycles. The fraction of sp³-hybridized carbons (Fsp3) is 0.545. The fourth-order valence-electron chi connectivity index (χ4n) is 1.97. The van der Waals surface area contributed by atoms with E-state index in [1.54, 1.807) is 18.3 Å². The number of nitrogens with zero attached hydrogens (tertiary/aromatic N) is 1. The minimum atomic E-state index is -3.04. The van der Waals surface area contributed by atoms with Crippen LogP contribution in [0.4, 0.5) is 0 Å². The van der Waals surface area contributed by atoms with E-state index in [-0.39, 0.29) is 17.5 Å². The summed E-state index contributed by atoms with van der Waals surface area (Å²) < 4.78 is 23.8. The van der Waals surface area contributed by atoms with Crippen molar-refractivity contribution in [2.75, 3.05) is 12.3 Å². The first-order chi connectivity index (χ1) is 7.66. The van der Waals surface area contributed by atoms with Crippen molar-refractivity contribution in [1.29, 1.82) is 0 Å². The van der Waals surface area contributed by atoms with Gasteiger partial charge in [-0.25, -0.2) is 8.42 Å². The molecule has 1 N–H and O–H groups in total. The molecule has 1 aliphatic rings. The fourth-order valence-corrected chi connectivity index (χ4v) is 3.61. The van der Waals surface area contributed by atoms with E-state index in [2.05, 4.69) is 10.3 Å². The standard InChI is InChI=1S/C11H16N2O2S/c14-16(15,9-11-5-3-7-13-11)8-10-4-1-2-6-12-10/h1-2,4,6,11,13H,3,5,7-9H2/t11-/m0/s1. The molecular formula is C11H16N2O2S. The lowest BCUT2D eigenvalue weighted by molar-refractivity contribution is 0.575. The van der Waals surface area contributed by atoms with Gasteiger partial charge in [0.15, 0.2) is 9.84 Å². The molecule has 2 heterocycles. The molecule has 88 valence electrons. The molecule has 0 bridgehead atoms. The molecule has 1 aromatic rings. The van der Waals surface area contributed by atoms with Crippen LogP contribution in [0.2, 0.25) is 0 Å². The highest BCUT2D eigenvalue weighted by Crippen LogP contribution is 2.11. The van der Waals surface area contributed by atoms with Crippen molar-refractivity contribution in [1.82, 2.24) is 10.3 Å². The first kappa shape index (κ1) is 11.5. The van der Waals surface area contributed by atoms with Crippen molar-refractivity contribution >= 4 is 9.84 Å². The van der Waals surface area contributed by atoms with Gasteiger partial charge in [0.1, 0.15) is 0 Å². The van der Waals surface area contributed by atoms with Crippen LogP contribution in [0.5, 0.6) is 0 Å². The topological polar surface area (TPSA) is 59.1 Å². The Morgan fingerprint density at radius 3 is 2.94 bits per heavy atom. The summed E-state index contributed by atoms with van der Waals surface area (Å²) in [5.41, 5.74) is 0.625. The van der Waals surface area contributed by atoms with Crippen molar-refractivity contribution in [3.8, 4) is 0 Å². The third-order valence-corrected chi connectivity index (χ3v) is 4.36. The Morgan fingerprint density at radius 1 is 1.44 bits per heavy atom. The second-order valence-corrected chi connectivity index (χ2v) is 6.28. The molecule has 0 saturated carbocycles. The van der Waals surface area contributed by atoms with Crippen LogP contribution in [0.1, 0.15) is 18.5 Å². The van der Waals surface area contributed by atoms with Crippen molar-refractivity contribution in [2.24, 2.45) is 0 Å². The number of rotatable bonds is 4. The third kappa shape index (κ3) is 3.28. The first-order valence-corrected chi connectivity index (χ1v) is 7.31.